The second-order valence-electron chi connectivity index (χ2n) is 6.84. The number of ether oxygens (including phenoxy) is 4. The molecule has 1 aliphatic heterocycles. The van der Waals surface area contributed by atoms with Gasteiger partial charge < -0.3 is 29.6 Å². The predicted octanol–water partition coefficient (Wildman–Crippen LogP) is 3.86. The number of nitrogens with zero attached hydrogens (tertiary/aromatic N) is 1. The van der Waals surface area contributed by atoms with Crippen molar-refractivity contribution in [3.63, 3.8) is 0 Å². The molecule has 1 aliphatic rings. The van der Waals surface area contributed by atoms with Crippen LogP contribution in [0.5, 0.6) is 17.2 Å². The first-order chi connectivity index (χ1) is 15.2. The van der Waals surface area contributed by atoms with Gasteiger partial charge in [-0.05, 0) is 24.3 Å². The minimum Gasteiger partial charge on any atom is -0.494 e. The lowest BCUT2D eigenvalue weighted by atomic mass is 10.2. The Labute approximate surface area is 205 Å². The largest absolute Gasteiger partial charge is 0.494 e. The molecule has 32 heavy (non-hydrogen) atoms. The summed E-state index contributed by atoms with van der Waals surface area (Å²) in [5.74, 6) is 2.57. The van der Waals surface area contributed by atoms with Crippen molar-refractivity contribution < 1.29 is 23.7 Å². The molecule has 2 N–H and O–H groups in total. The molecular formula is C23H30IN3O5. The molecule has 0 aromatic heterocycles. The summed E-state index contributed by atoms with van der Waals surface area (Å²) in [5.41, 5.74) is 0.814. The Morgan fingerprint density at radius 1 is 1.09 bits per heavy atom. The van der Waals surface area contributed by atoms with Crippen molar-refractivity contribution in [2.45, 2.75) is 19.3 Å². The van der Waals surface area contributed by atoms with Crippen LogP contribution in [-0.4, -0.2) is 51.9 Å². The van der Waals surface area contributed by atoms with Crippen LogP contribution in [0.25, 0.3) is 0 Å². The standard InChI is InChI=1S/C23H29N3O5.HI/c1-28-22(27)11-13-25-23(24-12-5-14-29-19-7-3-2-4-8-19)26-18-9-10-20-21(17-18)31-16-6-15-30-20;/h2-4,7-10,17H,5-6,11-16H2,1H3,(H2,24,25,26);1H. The third-order valence-corrected chi connectivity index (χ3v) is 4.44. The van der Waals surface area contributed by atoms with Gasteiger partial charge in [0.25, 0.3) is 0 Å². The summed E-state index contributed by atoms with van der Waals surface area (Å²) in [6.45, 7) is 2.80. The molecule has 0 atom stereocenters. The van der Waals surface area contributed by atoms with Crippen molar-refractivity contribution in [1.82, 2.24) is 5.32 Å². The van der Waals surface area contributed by atoms with Gasteiger partial charge in [0, 0.05) is 37.7 Å². The molecule has 0 saturated carbocycles. The molecule has 2 aromatic rings. The van der Waals surface area contributed by atoms with E-state index < -0.39 is 0 Å². The third kappa shape index (κ3) is 8.81. The molecule has 3 rings (SSSR count). The van der Waals surface area contributed by atoms with Crippen LogP contribution in [0.15, 0.2) is 53.5 Å². The predicted molar refractivity (Wildman–Crippen MR) is 135 cm³/mol. The van der Waals surface area contributed by atoms with Crippen LogP contribution in [0.1, 0.15) is 19.3 Å². The van der Waals surface area contributed by atoms with E-state index in [9.17, 15) is 4.79 Å². The lowest BCUT2D eigenvalue weighted by molar-refractivity contribution is -0.140. The van der Waals surface area contributed by atoms with E-state index in [1.54, 1.807) is 0 Å². The van der Waals surface area contributed by atoms with E-state index in [0.717, 1.165) is 30.0 Å². The molecular weight excluding hydrogens is 525 g/mol. The number of carbonyl (C=O) groups is 1. The minimum atomic E-state index is -0.279. The van der Waals surface area contributed by atoms with E-state index >= 15 is 0 Å². The van der Waals surface area contributed by atoms with Gasteiger partial charge in [-0.1, -0.05) is 18.2 Å². The summed E-state index contributed by atoms with van der Waals surface area (Å²) in [6.07, 6.45) is 1.85. The van der Waals surface area contributed by atoms with Crippen LogP contribution in [0.3, 0.4) is 0 Å². The van der Waals surface area contributed by atoms with Gasteiger partial charge in [0.05, 0.1) is 33.4 Å². The lowest BCUT2D eigenvalue weighted by Crippen LogP contribution is -2.33. The molecule has 0 amide bonds. The monoisotopic (exact) mass is 555 g/mol. The first-order valence-electron chi connectivity index (χ1n) is 10.4. The molecule has 9 heteroatoms. The van der Waals surface area contributed by atoms with Crippen molar-refractivity contribution in [1.29, 1.82) is 0 Å². The van der Waals surface area contributed by atoms with E-state index in [2.05, 4.69) is 15.6 Å². The Balaban J connectivity index is 0.00000363. The van der Waals surface area contributed by atoms with Gasteiger partial charge in [-0.15, -0.1) is 24.0 Å². The average Bonchev–Trinajstić information content (AvgIpc) is 3.04. The molecule has 2 aromatic carbocycles. The number of hydrogen-bond acceptors (Lipinski definition) is 6. The highest BCUT2D eigenvalue weighted by Gasteiger charge is 2.11. The van der Waals surface area contributed by atoms with Crippen LogP contribution < -0.4 is 24.8 Å². The van der Waals surface area contributed by atoms with Crippen LogP contribution in [0.2, 0.25) is 0 Å². The molecule has 0 bridgehead atoms. The number of fused-ring (bicyclic) bond motifs is 1. The Bertz CT molecular complexity index is 864. The fraction of sp³-hybridized carbons (Fsp3) is 0.391. The molecule has 8 nitrogen and oxygen atoms in total. The van der Waals surface area contributed by atoms with Crippen LogP contribution in [0, 0.1) is 0 Å². The van der Waals surface area contributed by atoms with Crippen molar-refractivity contribution >= 4 is 41.6 Å². The Morgan fingerprint density at radius 3 is 2.66 bits per heavy atom. The number of carbonyl (C=O) groups excluding carboxylic acids is 1. The van der Waals surface area contributed by atoms with Crippen molar-refractivity contribution in [3.8, 4) is 17.2 Å². The molecule has 0 aliphatic carbocycles. The number of methoxy groups -OCH3 is 1. The average molecular weight is 555 g/mol. The first-order valence-corrected chi connectivity index (χ1v) is 10.4. The maximum absolute atomic E-state index is 11.4. The molecule has 0 saturated heterocycles. The molecule has 0 radical (unpaired) electrons. The summed E-state index contributed by atoms with van der Waals surface area (Å²) in [7, 11) is 1.38. The van der Waals surface area contributed by atoms with Gasteiger partial charge in [0.15, 0.2) is 17.5 Å². The number of rotatable bonds is 9. The van der Waals surface area contributed by atoms with Crippen molar-refractivity contribution in [2.24, 2.45) is 4.99 Å². The Hall–Kier alpha value is -2.69. The van der Waals surface area contributed by atoms with Gasteiger partial charge in [-0.2, -0.15) is 0 Å². The second kappa shape index (κ2) is 14.4. The molecule has 174 valence electrons. The Kier molecular flexibility index (Phi) is 11.5. The maximum Gasteiger partial charge on any atom is 0.307 e. The molecule has 0 unspecified atom stereocenters. The number of benzene rings is 2. The fourth-order valence-corrected chi connectivity index (χ4v) is 2.86. The smallest absolute Gasteiger partial charge is 0.307 e. The molecule has 0 spiro atoms. The highest BCUT2D eigenvalue weighted by molar-refractivity contribution is 14.0. The second-order valence-corrected chi connectivity index (χ2v) is 6.84. The SMILES string of the molecule is COC(=O)CCNC(=NCCCOc1ccccc1)Nc1ccc2c(c1)OCCCO2.I. The quantitative estimate of drug-likeness (QED) is 0.160. The Morgan fingerprint density at radius 2 is 1.88 bits per heavy atom. The number of para-hydroxylation sites is 1. The summed E-state index contributed by atoms with van der Waals surface area (Å²) in [6, 6.07) is 15.4. The minimum absolute atomic E-state index is 0. The van der Waals surface area contributed by atoms with Gasteiger partial charge in [-0.3, -0.25) is 9.79 Å². The normalized spacial score (nSPS) is 12.7. The third-order valence-electron chi connectivity index (χ3n) is 4.44. The van der Waals surface area contributed by atoms with Crippen LogP contribution >= 0.6 is 24.0 Å². The highest BCUT2D eigenvalue weighted by Crippen LogP contribution is 2.32. The van der Waals surface area contributed by atoms with Gasteiger partial charge in [0.2, 0.25) is 0 Å². The number of guanidine groups is 1. The molecule has 0 fully saturated rings. The summed E-state index contributed by atoms with van der Waals surface area (Å²) >= 11 is 0. The zero-order valence-electron chi connectivity index (χ0n) is 18.2. The van der Waals surface area contributed by atoms with Gasteiger partial charge in [0.1, 0.15) is 5.75 Å². The van der Waals surface area contributed by atoms with Crippen LogP contribution in [-0.2, 0) is 9.53 Å². The first kappa shape index (κ1) is 25.6. The van der Waals surface area contributed by atoms with E-state index in [1.807, 2.05) is 48.5 Å². The summed E-state index contributed by atoms with van der Waals surface area (Å²) in [4.78, 5) is 16.0. The highest BCUT2D eigenvalue weighted by atomic mass is 127. The number of nitrogens with one attached hydrogen (secondary N) is 2. The van der Waals surface area contributed by atoms with E-state index in [-0.39, 0.29) is 36.4 Å². The number of hydrogen-bond donors (Lipinski definition) is 2. The zero-order valence-corrected chi connectivity index (χ0v) is 20.5. The van der Waals surface area contributed by atoms with Crippen molar-refractivity contribution in [2.75, 3.05) is 45.3 Å². The number of anilines is 1. The van der Waals surface area contributed by atoms with E-state index in [0.29, 0.717) is 44.6 Å². The van der Waals surface area contributed by atoms with Crippen LogP contribution in [0.4, 0.5) is 5.69 Å². The maximum atomic E-state index is 11.4. The summed E-state index contributed by atoms with van der Waals surface area (Å²) in [5, 5.41) is 6.42. The van der Waals surface area contributed by atoms with Crippen molar-refractivity contribution in [3.05, 3.63) is 48.5 Å². The molecule has 1 heterocycles. The number of halogens is 1. The van der Waals surface area contributed by atoms with Gasteiger partial charge in [-0.25, -0.2) is 0 Å². The number of aliphatic imine (C=N–C) groups is 1. The zero-order chi connectivity index (χ0) is 21.7. The number of esters is 1. The van der Waals surface area contributed by atoms with E-state index in [1.165, 1.54) is 7.11 Å². The summed E-state index contributed by atoms with van der Waals surface area (Å²) < 4.78 is 21.8. The van der Waals surface area contributed by atoms with E-state index in [4.69, 9.17) is 18.9 Å². The fourth-order valence-electron chi connectivity index (χ4n) is 2.86. The topological polar surface area (TPSA) is 90.4 Å². The van der Waals surface area contributed by atoms with Gasteiger partial charge >= 0.3 is 5.97 Å². The lowest BCUT2D eigenvalue weighted by Gasteiger charge is -2.14.